The van der Waals surface area contributed by atoms with Crippen molar-refractivity contribution in [1.29, 1.82) is 0 Å². The van der Waals surface area contributed by atoms with Gasteiger partial charge in [0.05, 0.1) is 6.04 Å². The molecule has 5 nitrogen and oxygen atoms in total. The van der Waals surface area contributed by atoms with E-state index in [0.717, 1.165) is 12.8 Å². The number of carbonyl (C=O) groups excluding carboxylic acids is 2. The van der Waals surface area contributed by atoms with Crippen molar-refractivity contribution in [2.24, 2.45) is 4.99 Å². The number of ketones is 1. The molecule has 0 aromatic carbocycles. The van der Waals surface area contributed by atoms with Gasteiger partial charge >= 0.3 is 0 Å². The third-order valence-corrected chi connectivity index (χ3v) is 3.33. The van der Waals surface area contributed by atoms with Gasteiger partial charge < -0.3 is 9.64 Å². The third-order valence-electron chi connectivity index (χ3n) is 3.33. The number of aliphatic imine (C=N–C) groups is 1. The predicted molar refractivity (Wildman–Crippen MR) is 62.9 cm³/mol. The summed E-state index contributed by atoms with van der Waals surface area (Å²) in [5.41, 5.74) is 0. The van der Waals surface area contributed by atoms with Gasteiger partial charge in [0.2, 0.25) is 0 Å². The summed E-state index contributed by atoms with van der Waals surface area (Å²) in [5.74, 6) is 0.641. The number of nitrogens with zero attached hydrogens (tertiary/aromatic N) is 2. The molecule has 0 spiro atoms. The zero-order valence-corrected chi connectivity index (χ0v) is 10.3. The average Bonchev–Trinajstić information content (AvgIpc) is 2.95. The molecule has 0 aromatic heterocycles. The highest BCUT2D eigenvalue weighted by atomic mass is 16.5. The molecule has 2 heterocycles. The molecule has 0 bridgehead atoms. The van der Waals surface area contributed by atoms with E-state index in [-0.39, 0.29) is 17.7 Å². The number of hydrogen-bond donors (Lipinski definition) is 0. The molecule has 2 aliphatic rings. The smallest absolute Gasteiger partial charge is 0.251 e. The highest BCUT2D eigenvalue weighted by molar-refractivity contribution is 5.93. The molecule has 0 aromatic rings. The Kier molecular flexibility index (Phi) is 3.45. The predicted octanol–water partition coefficient (Wildman–Crippen LogP) is 0.774. The summed E-state index contributed by atoms with van der Waals surface area (Å²) in [5, 5.41) is 0. The number of rotatable bonds is 3. The number of amides is 1. The molecule has 2 aliphatic heterocycles. The number of carbonyl (C=O) groups is 2. The summed E-state index contributed by atoms with van der Waals surface area (Å²) in [6.45, 7) is 4.56. The van der Waals surface area contributed by atoms with E-state index < -0.39 is 6.04 Å². The maximum atomic E-state index is 12.2. The topological polar surface area (TPSA) is 59.0 Å². The highest BCUT2D eigenvalue weighted by Crippen LogP contribution is 2.21. The lowest BCUT2D eigenvalue weighted by molar-refractivity contribution is -0.138. The molecular formula is C12H18N2O3. The van der Waals surface area contributed by atoms with Crippen LogP contribution in [0.1, 0.15) is 33.1 Å². The number of ether oxygens (including phenoxy) is 1. The average molecular weight is 238 g/mol. The number of Topliss-reactive ketones (excluding diaryl/α,β-unsaturated/α-hetero) is 1. The van der Waals surface area contributed by atoms with Crippen LogP contribution in [0.3, 0.4) is 0 Å². The molecule has 0 unspecified atom stereocenters. The second-order valence-electron chi connectivity index (χ2n) is 4.48. The summed E-state index contributed by atoms with van der Waals surface area (Å²) < 4.78 is 5.19. The normalized spacial score (nSPS) is 27.9. The first kappa shape index (κ1) is 12.1. The van der Waals surface area contributed by atoms with Crippen LogP contribution in [0.2, 0.25) is 0 Å². The van der Waals surface area contributed by atoms with Crippen LogP contribution in [0.4, 0.5) is 0 Å². The van der Waals surface area contributed by atoms with E-state index in [2.05, 4.69) is 4.99 Å². The Balaban J connectivity index is 2.06. The van der Waals surface area contributed by atoms with Crippen molar-refractivity contribution in [3.63, 3.8) is 0 Å². The molecule has 5 heteroatoms. The second-order valence-corrected chi connectivity index (χ2v) is 4.48. The maximum absolute atomic E-state index is 12.2. The van der Waals surface area contributed by atoms with Crippen molar-refractivity contribution < 1.29 is 14.3 Å². The Hall–Kier alpha value is -1.39. The molecule has 1 fully saturated rings. The molecule has 0 N–H and O–H groups in total. The Labute approximate surface area is 101 Å². The Morgan fingerprint density at radius 1 is 1.53 bits per heavy atom. The first-order chi connectivity index (χ1) is 8.13. The van der Waals surface area contributed by atoms with Crippen LogP contribution in [0, 0.1) is 0 Å². The van der Waals surface area contributed by atoms with Crippen LogP contribution < -0.4 is 0 Å². The molecule has 0 aliphatic carbocycles. The van der Waals surface area contributed by atoms with Gasteiger partial charge in [-0.05, 0) is 12.8 Å². The Morgan fingerprint density at radius 2 is 2.29 bits per heavy atom. The molecule has 1 saturated heterocycles. The van der Waals surface area contributed by atoms with Gasteiger partial charge in [-0.15, -0.1) is 0 Å². The van der Waals surface area contributed by atoms with Crippen molar-refractivity contribution >= 4 is 17.6 Å². The first-order valence-corrected chi connectivity index (χ1v) is 6.14. The lowest BCUT2D eigenvalue weighted by Crippen LogP contribution is -2.45. The van der Waals surface area contributed by atoms with Gasteiger partial charge in [-0.25, -0.2) is 4.99 Å². The van der Waals surface area contributed by atoms with Gasteiger partial charge in [-0.2, -0.15) is 0 Å². The molecular weight excluding hydrogens is 220 g/mol. The largest absolute Gasteiger partial charge is 0.478 e. The van der Waals surface area contributed by atoms with E-state index in [9.17, 15) is 9.59 Å². The van der Waals surface area contributed by atoms with Crippen molar-refractivity contribution in [1.82, 2.24) is 4.90 Å². The quantitative estimate of drug-likeness (QED) is 0.729. The minimum absolute atomic E-state index is 0.0637. The van der Waals surface area contributed by atoms with Gasteiger partial charge in [0.15, 0.2) is 17.7 Å². The molecule has 0 radical (unpaired) electrons. The summed E-state index contributed by atoms with van der Waals surface area (Å²) >= 11 is 0. The van der Waals surface area contributed by atoms with Crippen molar-refractivity contribution in [2.75, 3.05) is 13.2 Å². The summed E-state index contributed by atoms with van der Waals surface area (Å²) in [7, 11) is 0. The van der Waals surface area contributed by atoms with Gasteiger partial charge in [0, 0.05) is 19.9 Å². The van der Waals surface area contributed by atoms with Crippen LogP contribution in [0.15, 0.2) is 4.99 Å². The molecule has 2 atom stereocenters. The van der Waals surface area contributed by atoms with Crippen molar-refractivity contribution in [2.45, 2.75) is 45.2 Å². The van der Waals surface area contributed by atoms with Gasteiger partial charge in [0.25, 0.3) is 5.91 Å². The standard InChI is InChI=1S/C12H18N2O3/c1-3-11(15)10-5-4-6-14(10)12(16)9-7-17-8(2)13-9/h9-10H,3-7H2,1-2H3/t9-,10-/m0/s1. The van der Waals surface area contributed by atoms with Crippen LogP contribution in [-0.2, 0) is 14.3 Å². The van der Waals surface area contributed by atoms with E-state index in [1.54, 1.807) is 11.8 Å². The van der Waals surface area contributed by atoms with Crippen LogP contribution in [0.5, 0.6) is 0 Å². The lowest BCUT2D eigenvalue weighted by atomic mass is 10.1. The molecule has 1 amide bonds. The van der Waals surface area contributed by atoms with Gasteiger partial charge in [-0.3, -0.25) is 9.59 Å². The minimum Gasteiger partial charge on any atom is -0.478 e. The zero-order chi connectivity index (χ0) is 12.4. The minimum atomic E-state index is -0.444. The molecule has 17 heavy (non-hydrogen) atoms. The summed E-state index contributed by atoms with van der Waals surface area (Å²) in [6, 6.07) is -0.677. The van der Waals surface area contributed by atoms with E-state index in [4.69, 9.17) is 4.74 Å². The van der Waals surface area contributed by atoms with Crippen molar-refractivity contribution in [3.05, 3.63) is 0 Å². The van der Waals surface area contributed by atoms with Gasteiger partial charge in [-0.1, -0.05) is 6.92 Å². The van der Waals surface area contributed by atoms with Crippen LogP contribution >= 0.6 is 0 Å². The highest BCUT2D eigenvalue weighted by Gasteiger charge is 2.37. The monoisotopic (exact) mass is 238 g/mol. The number of hydrogen-bond acceptors (Lipinski definition) is 4. The SMILES string of the molecule is CCC(=O)[C@@H]1CCCN1C(=O)[C@@H]1COC(C)=N1. The summed E-state index contributed by atoms with van der Waals surface area (Å²) in [6.07, 6.45) is 2.17. The van der Waals surface area contributed by atoms with E-state index in [0.29, 0.717) is 25.5 Å². The molecule has 94 valence electrons. The molecule has 2 rings (SSSR count). The van der Waals surface area contributed by atoms with Crippen molar-refractivity contribution in [3.8, 4) is 0 Å². The van der Waals surface area contributed by atoms with Crippen LogP contribution in [0.25, 0.3) is 0 Å². The zero-order valence-electron chi connectivity index (χ0n) is 10.3. The van der Waals surface area contributed by atoms with E-state index in [1.807, 2.05) is 6.92 Å². The van der Waals surface area contributed by atoms with E-state index >= 15 is 0 Å². The van der Waals surface area contributed by atoms with Crippen LogP contribution in [-0.4, -0.2) is 47.7 Å². The summed E-state index contributed by atoms with van der Waals surface area (Å²) in [4.78, 5) is 29.8. The second kappa shape index (κ2) is 4.85. The van der Waals surface area contributed by atoms with E-state index in [1.165, 1.54) is 0 Å². The fraction of sp³-hybridized carbons (Fsp3) is 0.750. The fourth-order valence-electron chi connectivity index (χ4n) is 2.41. The first-order valence-electron chi connectivity index (χ1n) is 6.14. The Bertz CT molecular complexity index is 365. The third kappa shape index (κ3) is 2.33. The number of likely N-dealkylation sites (tertiary alicyclic amines) is 1. The van der Waals surface area contributed by atoms with Gasteiger partial charge in [0.1, 0.15) is 6.61 Å². The lowest BCUT2D eigenvalue weighted by Gasteiger charge is -2.24. The maximum Gasteiger partial charge on any atom is 0.251 e. The Morgan fingerprint density at radius 3 is 2.88 bits per heavy atom. The fourth-order valence-corrected chi connectivity index (χ4v) is 2.41. The molecule has 0 saturated carbocycles.